The summed E-state index contributed by atoms with van der Waals surface area (Å²) in [6.45, 7) is 2.55. The lowest BCUT2D eigenvalue weighted by molar-refractivity contribution is 0.486. The zero-order valence-corrected chi connectivity index (χ0v) is 19.4. The molecule has 170 valence electrons. The smallest absolute Gasteiger partial charge is 0.339 e. The SMILES string of the molecule is Cc1ccc(S(=O)(=O)Oc2ccc(-c3nc4ccccn4c3NCc3ccccc3)cc2)cc1. The fourth-order valence-electron chi connectivity index (χ4n) is 3.70. The van der Waals surface area contributed by atoms with Crippen LogP contribution in [0.25, 0.3) is 16.9 Å². The Bertz CT molecular complexity index is 1530. The molecule has 0 aliphatic rings. The van der Waals surface area contributed by atoms with Gasteiger partial charge in [-0.05, 0) is 61.0 Å². The van der Waals surface area contributed by atoms with Gasteiger partial charge in [-0.1, -0.05) is 54.1 Å². The summed E-state index contributed by atoms with van der Waals surface area (Å²) < 4.78 is 32.6. The molecule has 0 radical (unpaired) electrons. The van der Waals surface area contributed by atoms with Crippen LogP contribution in [0.5, 0.6) is 5.75 Å². The number of imidazole rings is 1. The summed E-state index contributed by atoms with van der Waals surface area (Å²) in [5, 5.41) is 3.50. The highest BCUT2D eigenvalue weighted by Gasteiger charge is 2.18. The first-order valence-electron chi connectivity index (χ1n) is 10.9. The van der Waals surface area contributed by atoms with Crippen LogP contribution in [-0.4, -0.2) is 17.8 Å². The maximum Gasteiger partial charge on any atom is 0.339 e. The predicted octanol–water partition coefficient (Wildman–Crippen LogP) is 5.69. The number of aryl methyl sites for hydroxylation is 1. The Morgan fingerprint density at radius 3 is 2.29 bits per heavy atom. The monoisotopic (exact) mass is 469 g/mol. The van der Waals surface area contributed by atoms with E-state index in [0.717, 1.165) is 33.8 Å². The third-order valence-electron chi connectivity index (χ3n) is 5.48. The van der Waals surface area contributed by atoms with Gasteiger partial charge in [0.25, 0.3) is 0 Å². The number of benzene rings is 3. The summed E-state index contributed by atoms with van der Waals surface area (Å²) >= 11 is 0. The van der Waals surface area contributed by atoms with E-state index in [4.69, 9.17) is 9.17 Å². The Morgan fingerprint density at radius 1 is 0.853 bits per heavy atom. The van der Waals surface area contributed by atoms with Crippen LogP contribution in [0.4, 0.5) is 5.82 Å². The molecule has 0 saturated heterocycles. The van der Waals surface area contributed by atoms with E-state index in [0.29, 0.717) is 6.54 Å². The van der Waals surface area contributed by atoms with Crippen molar-refractivity contribution in [3.05, 3.63) is 114 Å². The van der Waals surface area contributed by atoms with E-state index in [9.17, 15) is 8.42 Å². The van der Waals surface area contributed by atoms with E-state index < -0.39 is 10.1 Å². The molecule has 0 saturated carbocycles. The molecule has 0 aliphatic heterocycles. The van der Waals surface area contributed by atoms with Crippen LogP contribution in [0.2, 0.25) is 0 Å². The number of fused-ring (bicyclic) bond motifs is 1. The molecule has 2 heterocycles. The first kappa shape index (κ1) is 21.7. The van der Waals surface area contributed by atoms with Crippen LogP contribution in [0.1, 0.15) is 11.1 Å². The number of anilines is 1. The first-order valence-corrected chi connectivity index (χ1v) is 12.3. The van der Waals surface area contributed by atoms with Gasteiger partial charge in [-0.2, -0.15) is 8.42 Å². The molecule has 0 aliphatic carbocycles. The van der Waals surface area contributed by atoms with Crippen molar-refractivity contribution in [2.45, 2.75) is 18.4 Å². The number of hydrogen-bond donors (Lipinski definition) is 1. The number of pyridine rings is 1. The molecule has 0 amide bonds. The summed E-state index contributed by atoms with van der Waals surface area (Å²) in [4.78, 5) is 4.92. The van der Waals surface area contributed by atoms with Crippen LogP contribution >= 0.6 is 0 Å². The van der Waals surface area contributed by atoms with Crippen LogP contribution < -0.4 is 9.50 Å². The van der Waals surface area contributed by atoms with Crippen LogP contribution in [0, 0.1) is 6.92 Å². The summed E-state index contributed by atoms with van der Waals surface area (Å²) in [7, 11) is -3.91. The summed E-state index contributed by atoms with van der Waals surface area (Å²) in [5.74, 6) is 1.10. The van der Waals surface area contributed by atoms with Gasteiger partial charge in [0.2, 0.25) is 0 Å². The molecule has 0 atom stereocenters. The molecule has 3 aromatic carbocycles. The number of aromatic nitrogens is 2. The molecule has 0 fully saturated rings. The van der Waals surface area contributed by atoms with Crippen molar-refractivity contribution in [2.24, 2.45) is 0 Å². The Kier molecular flexibility index (Phi) is 5.77. The van der Waals surface area contributed by atoms with Gasteiger partial charge < -0.3 is 9.50 Å². The van der Waals surface area contributed by atoms with Crippen molar-refractivity contribution in [1.29, 1.82) is 0 Å². The average Bonchev–Trinajstić information content (AvgIpc) is 3.22. The van der Waals surface area contributed by atoms with Crippen molar-refractivity contribution in [1.82, 2.24) is 9.38 Å². The van der Waals surface area contributed by atoms with Gasteiger partial charge in [0, 0.05) is 18.3 Å². The summed E-state index contributed by atoms with van der Waals surface area (Å²) in [6, 6.07) is 29.5. The van der Waals surface area contributed by atoms with Crippen LogP contribution in [0.3, 0.4) is 0 Å². The fraction of sp³-hybridized carbons (Fsp3) is 0.0741. The molecule has 2 aromatic heterocycles. The van der Waals surface area contributed by atoms with Gasteiger partial charge in [-0.15, -0.1) is 0 Å². The van der Waals surface area contributed by atoms with Crippen molar-refractivity contribution < 1.29 is 12.6 Å². The van der Waals surface area contributed by atoms with Gasteiger partial charge in [0.05, 0.1) is 0 Å². The topological polar surface area (TPSA) is 72.7 Å². The Morgan fingerprint density at radius 2 is 1.56 bits per heavy atom. The van der Waals surface area contributed by atoms with E-state index in [1.807, 2.05) is 66.1 Å². The van der Waals surface area contributed by atoms with Crippen molar-refractivity contribution in [2.75, 3.05) is 5.32 Å². The lowest BCUT2D eigenvalue weighted by Gasteiger charge is -2.10. The number of hydrogen-bond acceptors (Lipinski definition) is 5. The largest absolute Gasteiger partial charge is 0.379 e. The highest BCUT2D eigenvalue weighted by Crippen LogP contribution is 2.31. The molecular formula is C27H23N3O3S. The Labute approximate surface area is 198 Å². The molecule has 34 heavy (non-hydrogen) atoms. The molecule has 0 bridgehead atoms. The quantitative estimate of drug-likeness (QED) is 0.310. The first-order chi connectivity index (χ1) is 16.5. The lowest BCUT2D eigenvalue weighted by Crippen LogP contribution is -2.09. The molecule has 5 rings (SSSR count). The maximum absolute atomic E-state index is 12.6. The standard InChI is InChI=1S/C27H23N3O3S/c1-20-10-16-24(17-11-20)34(31,32)33-23-14-12-22(13-15-23)26-27(28-19-21-7-3-2-4-8-21)30-18-6-5-9-25(30)29-26/h2-18,28H,19H2,1H3. The molecular weight excluding hydrogens is 446 g/mol. The van der Waals surface area contributed by atoms with Crippen molar-refractivity contribution in [3.63, 3.8) is 0 Å². The Balaban J connectivity index is 1.43. The van der Waals surface area contributed by atoms with E-state index in [2.05, 4.69) is 17.4 Å². The minimum atomic E-state index is -3.91. The lowest BCUT2D eigenvalue weighted by atomic mass is 10.1. The zero-order valence-electron chi connectivity index (χ0n) is 18.5. The number of nitrogens with zero attached hydrogens (tertiary/aromatic N) is 2. The number of rotatable bonds is 7. The fourth-order valence-corrected chi connectivity index (χ4v) is 4.63. The highest BCUT2D eigenvalue weighted by atomic mass is 32.2. The van der Waals surface area contributed by atoms with E-state index in [1.165, 1.54) is 0 Å². The van der Waals surface area contributed by atoms with Crippen molar-refractivity contribution in [3.8, 4) is 17.0 Å². The average molecular weight is 470 g/mol. The summed E-state index contributed by atoms with van der Waals surface area (Å²) in [5.41, 5.74) is 4.57. The molecule has 7 heteroatoms. The van der Waals surface area contributed by atoms with E-state index >= 15 is 0 Å². The highest BCUT2D eigenvalue weighted by molar-refractivity contribution is 7.87. The van der Waals surface area contributed by atoms with E-state index in [1.54, 1.807) is 36.4 Å². The van der Waals surface area contributed by atoms with Crippen LogP contribution in [0.15, 0.2) is 108 Å². The predicted molar refractivity (Wildman–Crippen MR) is 133 cm³/mol. The third-order valence-corrected chi connectivity index (χ3v) is 6.74. The second-order valence-corrected chi connectivity index (χ2v) is 9.50. The number of nitrogens with one attached hydrogen (secondary N) is 1. The second kappa shape index (κ2) is 9.03. The van der Waals surface area contributed by atoms with Gasteiger partial charge in [0.15, 0.2) is 0 Å². The normalized spacial score (nSPS) is 11.4. The molecule has 0 unspecified atom stereocenters. The minimum Gasteiger partial charge on any atom is -0.379 e. The summed E-state index contributed by atoms with van der Waals surface area (Å²) in [6.07, 6.45) is 1.96. The minimum absolute atomic E-state index is 0.120. The van der Waals surface area contributed by atoms with Crippen molar-refractivity contribution >= 4 is 21.6 Å². The zero-order chi connectivity index (χ0) is 23.5. The van der Waals surface area contributed by atoms with Gasteiger partial charge in [-0.3, -0.25) is 4.40 Å². The maximum atomic E-state index is 12.6. The third kappa shape index (κ3) is 4.51. The molecule has 0 spiro atoms. The van der Waals surface area contributed by atoms with Crippen LogP contribution in [-0.2, 0) is 16.7 Å². The molecule has 6 nitrogen and oxygen atoms in total. The van der Waals surface area contributed by atoms with E-state index in [-0.39, 0.29) is 10.6 Å². The Hall–Kier alpha value is -4.10. The molecule has 5 aromatic rings. The molecule has 1 N–H and O–H groups in total. The van der Waals surface area contributed by atoms with Gasteiger partial charge in [-0.25, -0.2) is 4.98 Å². The second-order valence-electron chi connectivity index (χ2n) is 7.95. The van der Waals surface area contributed by atoms with Gasteiger partial charge in [0.1, 0.15) is 27.8 Å². The van der Waals surface area contributed by atoms with Gasteiger partial charge >= 0.3 is 10.1 Å².